The topological polar surface area (TPSA) is 139 Å². The number of halogens is 1. The molecular weight excluding hydrogens is 479 g/mol. The number of aryl methyl sites for hydroxylation is 1. The zero-order chi connectivity index (χ0) is 25.2. The first-order valence-electron chi connectivity index (χ1n) is 10.4. The van der Waals surface area contributed by atoms with Crippen LogP contribution in [0.25, 0.3) is 17.1 Å². The Morgan fingerprint density at radius 2 is 1.74 bits per heavy atom. The van der Waals surface area contributed by atoms with Crippen LogP contribution in [-0.4, -0.2) is 62.4 Å². The normalized spacial score (nSPS) is 12.4. The molecule has 184 valence electrons. The van der Waals surface area contributed by atoms with Gasteiger partial charge in [0.05, 0.1) is 43.6 Å². The molecule has 1 aromatic carbocycles. The van der Waals surface area contributed by atoms with Crippen molar-refractivity contribution in [3.63, 3.8) is 0 Å². The summed E-state index contributed by atoms with van der Waals surface area (Å²) in [6, 6.07) is 5.15. The van der Waals surface area contributed by atoms with Crippen molar-refractivity contribution in [1.82, 2.24) is 34.5 Å². The van der Waals surface area contributed by atoms with Crippen molar-refractivity contribution in [3.8, 4) is 28.6 Å². The first-order chi connectivity index (χ1) is 16.7. The molecule has 0 fully saturated rings. The highest BCUT2D eigenvalue weighted by atomic mass is 32.2. The predicted molar refractivity (Wildman–Crippen MR) is 124 cm³/mol. The molecule has 3 aromatic heterocycles. The van der Waals surface area contributed by atoms with Gasteiger partial charge in [0.2, 0.25) is 16.0 Å². The van der Waals surface area contributed by atoms with E-state index in [0.29, 0.717) is 28.6 Å². The summed E-state index contributed by atoms with van der Waals surface area (Å²) in [6.45, 7) is 1.49. The van der Waals surface area contributed by atoms with E-state index in [9.17, 15) is 12.8 Å². The van der Waals surface area contributed by atoms with Gasteiger partial charge in [0.1, 0.15) is 23.0 Å². The lowest BCUT2D eigenvalue weighted by Crippen LogP contribution is -2.29. The number of para-hydroxylation sites is 1. The van der Waals surface area contributed by atoms with Gasteiger partial charge in [-0.2, -0.15) is 5.10 Å². The van der Waals surface area contributed by atoms with E-state index in [1.165, 1.54) is 25.7 Å². The van der Waals surface area contributed by atoms with Gasteiger partial charge >= 0.3 is 0 Å². The second-order valence-electron chi connectivity index (χ2n) is 7.58. The van der Waals surface area contributed by atoms with Crippen LogP contribution in [0.5, 0.6) is 11.5 Å². The molecule has 14 heteroatoms. The van der Waals surface area contributed by atoms with Gasteiger partial charge in [-0.25, -0.2) is 22.8 Å². The monoisotopic (exact) mass is 502 g/mol. The minimum atomic E-state index is -4.00. The fourth-order valence-corrected chi connectivity index (χ4v) is 4.33. The third kappa shape index (κ3) is 4.91. The zero-order valence-corrected chi connectivity index (χ0v) is 20.2. The van der Waals surface area contributed by atoms with E-state index in [-0.39, 0.29) is 18.2 Å². The van der Waals surface area contributed by atoms with Gasteiger partial charge in [-0.1, -0.05) is 6.07 Å². The molecule has 4 rings (SSSR count). The summed E-state index contributed by atoms with van der Waals surface area (Å²) in [6.07, 6.45) is 5.22. The smallest absolute Gasteiger partial charge is 0.243 e. The Bertz CT molecular complexity index is 1410. The molecule has 1 atom stereocenters. The Morgan fingerprint density at radius 1 is 1.09 bits per heavy atom. The second-order valence-corrected chi connectivity index (χ2v) is 9.67. The number of anilines is 1. The highest BCUT2D eigenvalue weighted by Crippen LogP contribution is 2.37. The number of ether oxygens (including phenoxy) is 2. The number of hydrogen-bond donors (Lipinski definition) is 1. The molecular formula is C21H23FN8O4S. The van der Waals surface area contributed by atoms with Crippen LogP contribution in [0, 0.1) is 5.82 Å². The van der Waals surface area contributed by atoms with E-state index in [1.54, 1.807) is 42.3 Å². The fourth-order valence-electron chi connectivity index (χ4n) is 3.38. The van der Waals surface area contributed by atoms with Crippen LogP contribution < -0.4 is 14.2 Å². The summed E-state index contributed by atoms with van der Waals surface area (Å²) in [4.78, 5) is 7.68. The number of rotatable bonds is 9. The van der Waals surface area contributed by atoms with E-state index in [0.717, 1.165) is 12.4 Å². The summed E-state index contributed by atoms with van der Waals surface area (Å²) in [5.74, 6) is 0.619. The maximum absolute atomic E-state index is 13.2. The fraction of sp³-hybridized carbons (Fsp3) is 0.286. The third-order valence-corrected chi connectivity index (χ3v) is 6.85. The first kappa shape index (κ1) is 24.1. The Labute approximate surface area is 200 Å². The lowest BCUT2D eigenvalue weighted by Gasteiger charge is -2.18. The van der Waals surface area contributed by atoms with Crippen LogP contribution in [0.3, 0.4) is 0 Å². The molecule has 0 radical (unpaired) electrons. The molecule has 1 unspecified atom stereocenters. The highest BCUT2D eigenvalue weighted by Gasteiger charge is 2.28. The van der Waals surface area contributed by atoms with Crippen molar-refractivity contribution in [2.24, 2.45) is 7.05 Å². The lowest BCUT2D eigenvalue weighted by molar-refractivity contribution is 0.391. The summed E-state index contributed by atoms with van der Waals surface area (Å²) < 4.78 is 56.2. The maximum Gasteiger partial charge on any atom is 0.243 e. The van der Waals surface area contributed by atoms with E-state index in [2.05, 4.69) is 30.0 Å². The zero-order valence-electron chi connectivity index (χ0n) is 19.4. The largest absolute Gasteiger partial charge is 0.494 e. The summed E-state index contributed by atoms with van der Waals surface area (Å²) >= 11 is 0. The van der Waals surface area contributed by atoms with Gasteiger partial charge in [0.25, 0.3) is 0 Å². The summed E-state index contributed by atoms with van der Waals surface area (Å²) in [5.41, 5.74) is 0.986. The van der Waals surface area contributed by atoms with Gasteiger partial charge in [-0.3, -0.25) is 14.0 Å². The lowest BCUT2D eigenvalue weighted by atomic mass is 10.2. The molecule has 12 nitrogen and oxygen atoms in total. The number of aromatic nitrogens is 7. The number of sulfonamides is 1. The molecule has 4 aromatic rings. The molecule has 0 bridgehead atoms. The van der Waals surface area contributed by atoms with Gasteiger partial charge in [-0.15, -0.1) is 10.2 Å². The van der Waals surface area contributed by atoms with Crippen molar-refractivity contribution in [2.45, 2.75) is 18.6 Å². The molecule has 0 amide bonds. The number of methoxy groups -OCH3 is 2. The molecule has 0 aliphatic carbocycles. The highest BCUT2D eigenvalue weighted by molar-refractivity contribution is 7.93. The number of benzene rings is 1. The van der Waals surface area contributed by atoms with Crippen molar-refractivity contribution in [1.29, 1.82) is 0 Å². The first-order valence-corrected chi connectivity index (χ1v) is 11.9. The Kier molecular flexibility index (Phi) is 6.64. The molecule has 0 spiro atoms. The SMILES string of the molecule is COc1cccc(OC)c1-n1c(NS(=O)(=O)C(C)Cc2ncc(F)cn2)nnc1-c1cnn(C)c1. The Hall–Kier alpha value is -4.07. The average Bonchev–Trinajstić information content (AvgIpc) is 3.45. The van der Waals surface area contributed by atoms with E-state index in [1.807, 2.05) is 0 Å². The van der Waals surface area contributed by atoms with Gasteiger partial charge in [0.15, 0.2) is 11.6 Å². The van der Waals surface area contributed by atoms with Crippen LogP contribution in [0.15, 0.2) is 43.0 Å². The Morgan fingerprint density at radius 3 is 2.31 bits per heavy atom. The number of nitrogens with one attached hydrogen (secondary N) is 1. The summed E-state index contributed by atoms with van der Waals surface area (Å²) in [7, 11) is 0.716. The van der Waals surface area contributed by atoms with Crippen LogP contribution in [-0.2, 0) is 23.5 Å². The van der Waals surface area contributed by atoms with Crippen molar-refractivity contribution < 1.29 is 22.3 Å². The third-order valence-electron chi connectivity index (χ3n) is 5.16. The average molecular weight is 503 g/mol. The molecule has 1 N–H and O–H groups in total. The standard InChI is InChI=1S/C21H23FN8O4S/c1-13(8-18-23-10-15(22)11-24-18)35(31,32)28-21-27-26-20(14-9-25-29(2)12-14)30(21)19-16(33-3)6-5-7-17(19)34-4/h5-7,9-13H,8H2,1-4H3,(H,27,28). The maximum atomic E-state index is 13.2. The number of nitrogens with zero attached hydrogens (tertiary/aromatic N) is 7. The van der Waals surface area contributed by atoms with Gasteiger partial charge in [0, 0.05) is 19.7 Å². The van der Waals surface area contributed by atoms with Crippen LogP contribution >= 0.6 is 0 Å². The van der Waals surface area contributed by atoms with E-state index >= 15 is 0 Å². The Balaban J connectivity index is 1.79. The van der Waals surface area contributed by atoms with Crippen LogP contribution in [0.1, 0.15) is 12.7 Å². The minimum absolute atomic E-state index is 0.0445. The molecule has 0 saturated carbocycles. The van der Waals surface area contributed by atoms with Crippen LogP contribution in [0.2, 0.25) is 0 Å². The van der Waals surface area contributed by atoms with Gasteiger partial charge in [-0.05, 0) is 19.1 Å². The quantitative estimate of drug-likeness (QED) is 0.364. The second kappa shape index (κ2) is 9.66. The summed E-state index contributed by atoms with van der Waals surface area (Å²) in [5, 5.41) is 11.5. The van der Waals surface area contributed by atoms with E-state index < -0.39 is 21.1 Å². The number of hydrogen-bond acceptors (Lipinski definition) is 9. The molecule has 3 heterocycles. The molecule has 0 aliphatic heterocycles. The van der Waals surface area contributed by atoms with Crippen molar-refractivity contribution in [2.75, 3.05) is 18.9 Å². The predicted octanol–water partition coefficient (Wildman–Crippen LogP) is 1.99. The van der Waals surface area contributed by atoms with Crippen molar-refractivity contribution >= 4 is 16.0 Å². The molecule has 35 heavy (non-hydrogen) atoms. The minimum Gasteiger partial charge on any atom is -0.494 e. The van der Waals surface area contributed by atoms with E-state index in [4.69, 9.17) is 9.47 Å². The van der Waals surface area contributed by atoms with Crippen LogP contribution in [0.4, 0.5) is 10.3 Å². The van der Waals surface area contributed by atoms with Gasteiger partial charge < -0.3 is 9.47 Å². The van der Waals surface area contributed by atoms with Crippen molar-refractivity contribution in [3.05, 3.63) is 54.6 Å². The molecule has 0 saturated heterocycles. The molecule has 0 aliphatic rings.